The molecule has 1 N–H and O–H groups in total. The number of ether oxygens (including phenoxy) is 1. The lowest BCUT2D eigenvalue weighted by Gasteiger charge is -2.29. The molecule has 1 heterocycles. The fraction of sp³-hybridized carbons (Fsp3) is 0.381. The van der Waals surface area contributed by atoms with Crippen LogP contribution in [-0.2, 0) is 32.6 Å². The van der Waals surface area contributed by atoms with Gasteiger partial charge in [-0.25, -0.2) is 8.42 Å². The van der Waals surface area contributed by atoms with Gasteiger partial charge < -0.3 is 10.1 Å². The summed E-state index contributed by atoms with van der Waals surface area (Å²) in [6.07, 6.45) is 0.877. The van der Waals surface area contributed by atoms with E-state index >= 15 is 0 Å². The number of hydrogen-bond acceptors (Lipinski definition) is 4. The zero-order chi connectivity index (χ0) is 20.3. The van der Waals surface area contributed by atoms with Gasteiger partial charge in [0.15, 0.2) is 0 Å². The molecule has 7 heteroatoms. The molecule has 1 aliphatic heterocycles. The van der Waals surface area contributed by atoms with Crippen LogP contribution in [0.2, 0.25) is 0 Å². The number of fused-ring (bicyclic) bond motifs is 1. The van der Waals surface area contributed by atoms with Gasteiger partial charge in [-0.15, -0.1) is 0 Å². The van der Waals surface area contributed by atoms with E-state index in [0.717, 1.165) is 5.56 Å². The molecule has 0 aliphatic carbocycles. The lowest BCUT2D eigenvalue weighted by molar-refractivity contribution is -0.115. The second-order valence-corrected chi connectivity index (χ2v) is 9.09. The molecule has 150 valence electrons. The molecule has 1 atom stereocenters. The van der Waals surface area contributed by atoms with Gasteiger partial charge in [0.1, 0.15) is 0 Å². The third kappa shape index (κ3) is 4.43. The largest absolute Gasteiger partial charge is 0.372 e. The van der Waals surface area contributed by atoms with Crippen molar-refractivity contribution in [3.05, 3.63) is 59.2 Å². The van der Waals surface area contributed by atoms with Gasteiger partial charge >= 0.3 is 0 Å². The van der Waals surface area contributed by atoms with Crippen molar-refractivity contribution in [2.45, 2.75) is 44.3 Å². The Labute approximate surface area is 166 Å². The molecule has 2 aromatic carbocycles. The first kappa shape index (κ1) is 20.5. The van der Waals surface area contributed by atoms with Crippen molar-refractivity contribution < 1.29 is 17.9 Å². The summed E-state index contributed by atoms with van der Waals surface area (Å²) in [6.45, 7) is 4.28. The number of carbonyl (C=O) groups is 1. The quantitative estimate of drug-likeness (QED) is 0.806. The number of nitrogens with one attached hydrogen (secondary N) is 1. The summed E-state index contributed by atoms with van der Waals surface area (Å²) in [5.41, 5.74) is 3.55. The number of benzene rings is 2. The Balaban J connectivity index is 1.73. The Morgan fingerprint density at radius 3 is 2.61 bits per heavy atom. The highest BCUT2D eigenvalue weighted by atomic mass is 32.2. The number of nitrogens with zero attached hydrogens (tertiary/aromatic N) is 1. The normalized spacial score (nSPS) is 16.6. The number of hydrogen-bond donors (Lipinski definition) is 1. The third-order valence-corrected chi connectivity index (χ3v) is 6.95. The molecule has 0 radical (unpaired) electrons. The molecule has 0 saturated carbocycles. The van der Waals surface area contributed by atoms with Gasteiger partial charge in [0.05, 0.1) is 17.6 Å². The van der Waals surface area contributed by atoms with E-state index in [1.807, 2.05) is 18.2 Å². The van der Waals surface area contributed by atoms with Crippen LogP contribution in [0.15, 0.2) is 47.4 Å². The number of likely N-dealkylation sites (N-methyl/N-ethyl adjacent to an activating group) is 1. The van der Waals surface area contributed by atoms with Crippen LogP contribution in [0.3, 0.4) is 0 Å². The summed E-state index contributed by atoms with van der Waals surface area (Å²) in [5, 5.41) is 2.75. The molecule has 0 spiro atoms. The van der Waals surface area contributed by atoms with E-state index < -0.39 is 10.0 Å². The highest BCUT2D eigenvalue weighted by Gasteiger charge is 2.28. The van der Waals surface area contributed by atoms with Crippen molar-refractivity contribution >= 4 is 21.6 Å². The molecular formula is C21H26N2O4S. The summed E-state index contributed by atoms with van der Waals surface area (Å²) in [5.74, 6) is -0.109. The third-order valence-electron chi connectivity index (χ3n) is 4.97. The number of anilines is 1. The van der Waals surface area contributed by atoms with Crippen molar-refractivity contribution in [3.8, 4) is 0 Å². The molecule has 1 aliphatic rings. The maximum Gasteiger partial charge on any atom is 0.243 e. The van der Waals surface area contributed by atoms with Crippen molar-refractivity contribution in [2.24, 2.45) is 0 Å². The lowest BCUT2D eigenvalue weighted by Crippen LogP contribution is -2.38. The fourth-order valence-corrected chi connectivity index (χ4v) is 4.75. The number of sulfonamides is 1. The van der Waals surface area contributed by atoms with Crippen LogP contribution in [0.1, 0.15) is 30.0 Å². The van der Waals surface area contributed by atoms with Gasteiger partial charge in [0.2, 0.25) is 15.9 Å². The summed E-state index contributed by atoms with van der Waals surface area (Å²) < 4.78 is 33.3. The zero-order valence-electron chi connectivity index (χ0n) is 16.4. The maximum absolute atomic E-state index is 13.0. The summed E-state index contributed by atoms with van der Waals surface area (Å²) in [6, 6.07) is 12.9. The average molecular weight is 403 g/mol. The van der Waals surface area contributed by atoms with Gasteiger partial charge in [-0.2, -0.15) is 4.31 Å². The highest BCUT2D eigenvalue weighted by molar-refractivity contribution is 7.89. The molecule has 1 amide bonds. The lowest BCUT2D eigenvalue weighted by atomic mass is 9.99. The first-order valence-electron chi connectivity index (χ1n) is 9.36. The predicted molar refractivity (Wildman–Crippen MR) is 109 cm³/mol. The summed E-state index contributed by atoms with van der Waals surface area (Å²) in [4.78, 5) is 11.8. The van der Waals surface area contributed by atoms with E-state index in [9.17, 15) is 13.2 Å². The van der Waals surface area contributed by atoms with Gasteiger partial charge in [0, 0.05) is 32.1 Å². The van der Waals surface area contributed by atoms with Crippen LogP contribution >= 0.6 is 0 Å². The van der Waals surface area contributed by atoms with Crippen molar-refractivity contribution in [3.63, 3.8) is 0 Å². The number of aryl methyl sites for hydroxylation is 1. The van der Waals surface area contributed by atoms with E-state index in [2.05, 4.69) is 11.4 Å². The van der Waals surface area contributed by atoms with E-state index in [-0.39, 0.29) is 23.5 Å². The Kier molecular flexibility index (Phi) is 6.17. The van der Waals surface area contributed by atoms with Crippen molar-refractivity contribution in [1.82, 2.24) is 4.31 Å². The Bertz CT molecular complexity index is 972. The van der Waals surface area contributed by atoms with Crippen LogP contribution in [0.5, 0.6) is 0 Å². The maximum atomic E-state index is 13.0. The monoisotopic (exact) mass is 402 g/mol. The molecular weight excluding hydrogens is 376 g/mol. The van der Waals surface area contributed by atoms with Crippen LogP contribution in [0, 0.1) is 6.92 Å². The Morgan fingerprint density at radius 1 is 1.21 bits per heavy atom. The molecule has 3 rings (SSSR count). The zero-order valence-corrected chi connectivity index (χ0v) is 17.3. The van der Waals surface area contributed by atoms with Crippen LogP contribution in [0.25, 0.3) is 0 Å². The van der Waals surface area contributed by atoms with Crippen LogP contribution in [-0.4, -0.2) is 38.3 Å². The van der Waals surface area contributed by atoms with Gasteiger partial charge in [0.25, 0.3) is 0 Å². The van der Waals surface area contributed by atoms with E-state index in [1.54, 1.807) is 39.1 Å². The van der Waals surface area contributed by atoms with Crippen molar-refractivity contribution in [1.29, 1.82) is 0 Å². The Morgan fingerprint density at radius 2 is 1.93 bits per heavy atom. The number of rotatable bonds is 6. The molecule has 28 heavy (non-hydrogen) atoms. The van der Waals surface area contributed by atoms with E-state index in [0.29, 0.717) is 30.7 Å². The average Bonchev–Trinajstić information content (AvgIpc) is 2.67. The van der Waals surface area contributed by atoms with Crippen LogP contribution in [0.4, 0.5) is 5.69 Å². The minimum absolute atomic E-state index is 0.109. The minimum Gasteiger partial charge on any atom is -0.372 e. The predicted octanol–water partition coefficient (Wildman–Crippen LogP) is 3.11. The van der Waals surface area contributed by atoms with Crippen molar-refractivity contribution in [2.75, 3.05) is 18.9 Å². The highest BCUT2D eigenvalue weighted by Crippen LogP contribution is 2.25. The molecule has 0 fully saturated rings. The minimum atomic E-state index is -3.66. The molecule has 2 aromatic rings. The topological polar surface area (TPSA) is 75.7 Å². The molecule has 1 unspecified atom stereocenters. The van der Waals surface area contributed by atoms with E-state index in [1.165, 1.54) is 9.87 Å². The van der Waals surface area contributed by atoms with E-state index in [4.69, 9.17) is 4.74 Å². The molecule has 0 bridgehead atoms. The molecule has 0 saturated heterocycles. The number of carbonyl (C=O) groups excluding carboxylic acids is 1. The standard InChI is InChI=1S/C21H26N2O4S/c1-4-21(24)22-18-9-10-20(15(2)11-18)28(25,26)23(3)13-19-12-16-7-5-6-8-17(16)14-27-19/h5-11,19H,4,12-14H2,1-3H3,(H,22,24). The molecule has 6 nitrogen and oxygen atoms in total. The second-order valence-electron chi connectivity index (χ2n) is 7.07. The summed E-state index contributed by atoms with van der Waals surface area (Å²) in [7, 11) is -2.08. The van der Waals surface area contributed by atoms with Gasteiger partial charge in [-0.05, 0) is 41.8 Å². The fourth-order valence-electron chi connectivity index (χ4n) is 3.35. The van der Waals surface area contributed by atoms with Gasteiger partial charge in [-0.1, -0.05) is 31.2 Å². The van der Waals surface area contributed by atoms with Crippen LogP contribution < -0.4 is 5.32 Å². The SMILES string of the molecule is CCC(=O)Nc1ccc(S(=O)(=O)N(C)CC2Cc3ccccc3CO2)c(C)c1. The molecule has 0 aromatic heterocycles. The smallest absolute Gasteiger partial charge is 0.243 e. The summed E-state index contributed by atoms with van der Waals surface area (Å²) >= 11 is 0. The first-order chi connectivity index (χ1) is 13.3. The Hall–Kier alpha value is -2.22. The number of amides is 1. The van der Waals surface area contributed by atoms with Gasteiger partial charge in [-0.3, -0.25) is 4.79 Å². The first-order valence-corrected chi connectivity index (χ1v) is 10.8. The second kappa shape index (κ2) is 8.43.